The number of piperidine rings is 1. The summed E-state index contributed by atoms with van der Waals surface area (Å²) in [5.74, 6) is 1.03. The van der Waals surface area contributed by atoms with Crippen LogP contribution < -0.4 is 10.2 Å². The molecule has 3 aromatic rings. The number of imidazole rings is 1. The van der Waals surface area contributed by atoms with Crippen LogP contribution in [0.3, 0.4) is 0 Å². The van der Waals surface area contributed by atoms with E-state index in [1.807, 2.05) is 42.4 Å². The van der Waals surface area contributed by atoms with Crippen LogP contribution in [0.5, 0.6) is 0 Å². The average molecular weight is 405 g/mol. The van der Waals surface area contributed by atoms with E-state index in [9.17, 15) is 4.79 Å². The maximum absolute atomic E-state index is 12.6. The van der Waals surface area contributed by atoms with Gasteiger partial charge >= 0.3 is 0 Å². The number of nitrogens with zero attached hydrogens (tertiary/aromatic N) is 5. The lowest BCUT2D eigenvalue weighted by Gasteiger charge is -2.32. The second-order valence-electron chi connectivity index (χ2n) is 8.47. The molecule has 0 aliphatic carbocycles. The minimum Gasteiger partial charge on any atom is -0.300 e. The van der Waals surface area contributed by atoms with Crippen LogP contribution in [-0.4, -0.2) is 51.9 Å². The lowest BCUT2D eigenvalue weighted by molar-refractivity contribution is -0.120. The number of hydrogen-bond acceptors (Lipinski definition) is 5. The highest BCUT2D eigenvalue weighted by atomic mass is 16.2. The highest BCUT2D eigenvalue weighted by Crippen LogP contribution is 2.33. The van der Waals surface area contributed by atoms with Crippen molar-refractivity contribution < 1.29 is 4.79 Å². The minimum atomic E-state index is 0.132. The van der Waals surface area contributed by atoms with Gasteiger partial charge in [0.25, 0.3) is 0 Å². The number of aryl methyl sites for hydroxylation is 1. The van der Waals surface area contributed by atoms with Crippen molar-refractivity contribution in [2.24, 2.45) is 0 Å². The quantitative estimate of drug-likeness (QED) is 0.727. The van der Waals surface area contributed by atoms with E-state index >= 15 is 0 Å². The molecule has 0 saturated carbocycles. The van der Waals surface area contributed by atoms with E-state index in [1.54, 1.807) is 0 Å². The molecule has 0 aromatic carbocycles. The molecular weight excluding hydrogens is 376 g/mol. The van der Waals surface area contributed by atoms with Crippen LogP contribution in [0.2, 0.25) is 0 Å². The Labute approximate surface area is 176 Å². The lowest BCUT2D eigenvalue weighted by atomic mass is 9.93. The summed E-state index contributed by atoms with van der Waals surface area (Å²) in [6, 6.07) is 10.5. The van der Waals surface area contributed by atoms with Crippen molar-refractivity contribution in [2.45, 2.75) is 38.3 Å². The number of likely N-dealkylation sites (N-methyl/N-ethyl adjacent to an activating group) is 1. The molecule has 7 nitrogen and oxygen atoms in total. The Balaban J connectivity index is 1.44. The van der Waals surface area contributed by atoms with Gasteiger partial charge in [0.15, 0.2) is 0 Å². The topological polar surface area (TPSA) is 65.8 Å². The first-order chi connectivity index (χ1) is 14.6. The maximum Gasteiger partial charge on any atom is 0.242 e. The molecule has 1 amide bonds. The van der Waals surface area contributed by atoms with Gasteiger partial charge in [-0.3, -0.25) is 24.0 Å². The molecule has 3 aromatic heterocycles. The number of nitrogens with one attached hydrogen (secondary N) is 1. The third-order valence-electron chi connectivity index (χ3n) is 6.30. The van der Waals surface area contributed by atoms with Crippen LogP contribution in [0.1, 0.15) is 48.3 Å². The van der Waals surface area contributed by atoms with Crippen molar-refractivity contribution in [3.63, 3.8) is 0 Å². The first kappa shape index (κ1) is 19.2. The summed E-state index contributed by atoms with van der Waals surface area (Å²) in [6.07, 6.45) is 7.24. The van der Waals surface area contributed by atoms with Gasteiger partial charge in [-0.1, -0.05) is 12.1 Å². The van der Waals surface area contributed by atoms with Gasteiger partial charge in [0, 0.05) is 25.5 Å². The van der Waals surface area contributed by atoms with Crippen LogP contribution in [-0.2, 0) is 4.79 Å². The van der Waals surface area contributed by atoms with E-state index < -0.39 is 0 Å². The third kappa shape index (κ3) is 3.48. The molecule has 2 fully saturated rings. The normalized spacial score (nSPS) is 23.3. The molecule has 7 heteroatoms. The summed E-state index contributed by atoms with van der Waals surface area (Å²) in [5, 5.41) is 3.78. The highest BCUT2D eigenvalue weighted by Gasteiger charge is 2.28. The maximum atomic E-state index is 12.6. The molecule has 1 N–H and O–H groups in total. The molecule has 0 radical (unpaired) electrons. The molecule has 2 aliphatic rings. The van der Waals surface area contributed by atoms with Gasteiger partial charge in [0.1, 0.15) is 11.5 Å². The Morgan fingerprint density at radius 2 is 1.97 bits per heavy atom. The average Bonchev–Trinajstić information content (AvgIpc) is 3.19. The molecule has 2 aliphatic heterocycles. The summed E-state index contributed by atoms with van der Waals surface area (Å²) < 4.78 is 2.07. The molecule has 5 heterocycles. The molecule has 0 bridgehead atoms. The van der Waals surface area contributed by atoms with Gasteiger partial charge in [-0.05, 0) is 57.0 Å². The number of hydrogen-bond donors (Lipinski definition) is 1. The molecule has 2 saturated heterocycles. The fourth-order valence-corrected chi connectivity index (χ4v) is 4.68. The zero-order valence-corrected chi connectivity index (χ0v) is 17.6. The SMILES string of the molecule is Cc1cccnc1[C@@H]1CCC[C@H](c2cn3c(N4CCN(C)CC4=O)cccc3n2)N1. The van der Waals surface area contributed by atoms with E-state index in [2.05, 4.69) is 38.8 Å². The number of anilines is 1. The number of aromatic nitrogens is 3. The largest absolute Gasteiger partial charge is 0.300 e. The van der Waals surface area contributed by atoms with Crippen molar-refractivity contribution in [1.82, 2.24) is 24.6 Å². The standard InChI is InChI=1S/C23H28N6O/c1-16-6-5-11-24-23(16)18-8-3-7-17(25-18)19-14-29-20(26-19)9-4-10-21(29)28-13-12-27(2)15-22(28)30/h4-6,9-11,14,17-18,25H,3,7-8,12-13,15H2,1-2H3/t17-,18+/m1/s1. The Hall–Kier alpha value is -2.77. The molecule has 156 valence electrons. The predicted molar refractivity (Wildman–Crippen MR) is 116 cm³/mol. The van der Waals surface area contributed by atoms with Crippen molar-refractivity contribution >= 4 is 17.4 Å². The number of pyridine rings is 2. The summed E-state index contributed by atoms with van der Waals surface area (Å²) in [5.41, 5.74) is 4.27. The van der Waals surface area contributed by atoms with Gasteiger partial charge in [0.05, 0.1) is 30.0 Å². The third-order valence-corrected chi connectivity index (χ3v) is 6.30. The summed E-state index contributed by atoms with van der Waals surface area (Å²) in [4.78, 5) is 26.1. The first-order valence-electron chi connectivity index (χ1n) is 10.7. The fraction of sp³-hybridized carbons (Fsp3) is 0.435. The van der Waals surface area contributed by atoms with E-state index in [4.69, 9.17) is 4.98 Å². The Bertz CT molecular complexity index is 1080. The van der Waals surface area contributed by atoms with Gasteiger partial charge in [0.2, 0.25) is 5.91 Å². The van der Waals surface area contributed by atoms with E-state index in [1.165, 1.54) is 5.56 Å². The van der Waals surface area contributed by atoms with Gasteiger partial charge in [-0.15, -0.1) is 0 Å². The van der Waals surface area contributed by atoms with Crippen LogP contribution in [0.25, 0.3) is 5.65 Å². The van der Waals surface area contributed by atoms with Gasteiger partial charge < -0.3 is 5.32 Å². The molecule has 2 atom stereocenters. The second-order valence-corrected chi connectivity index (χ2v) is 8.47. The molecule has 0 spiro atoms. The van der Waals surface area contributed by atoms with Crippen molar-refractivity contribution in [2.75, 3.05) is 31.6 Å². The first-order valence-corrected chi connectivity index (χ1v) is 10.7. The van der Waals surface area contributed by atoms with E-state index in [0.29, 0.717) is 13.1 Å². The van der Waals surface area contributed by atoms with E-state index in [0.717, 1.165) is 48.7 Å². The number of rotatable bonds is 3. The Morgan fingerprint density at radius 3 is 2.80 bits per heavy atom. The lowest BCUT2D eigenvalue weighted by Crippen LogP contribution is -2.49. The molecule has 30 heavy (non-hydrogen) atoms. The number of fused-ring (bicyclic) bond motifs is 1. The summed E-state index contributed by atoms with van der Waals surface area (Å²) >= 11 is 0. The van der Waals surface area contributed by atoms with Crippen molar-refractivity contribution in [1.29, 1.82) is 0 Å². The van der Waals surface area contributed by atoms with Crippen LogP contribution in [0, 0.1) is 6.92 Å². The zero-order valence-electron chi connectivity index (χ0n) is 17.6. The summed E-state index contributed by atoms with van der Waals surface area (Å²) in [7, 11) is 1.99. The number of carbonyl (C=O) groups excluding carboxylic acids is 1. The predicted octanol–water partition coefficient (Wildman–Crippen LogP) is 2.87. The zero-order chi connectivity index (χ0) is 20.7. The van der Waals surface area contributed by atoms with E-state index in [-0.39, 0.29) is 18.0 Å². The minimum absolute atomic E-state index is 0.132. The second kappa shape index (κ2) is 7.81. The highest BCUT2D eigenvalue weighted by molar-refractivity contribution is 5.95. The van der Waals surface area contributed by atoms with Crippen molar-refractivity contribution in [3.05, 3.63) is 59.7 Å². The molecule has 5 rings (SSSR count). The molecule has 0 unspecified atom stereocenters. The number of amides is 1. The van der Waals surface area contributed by atoms with Crippen LogP contribution in [0.4, 0.5) is 5.82 Å². The fourth-order valence-electron chi connectivity index (χ4n) is 4.68. The van der Waals surface area contributed by atoms with Crippen LogP contribution >= 0.6 is 0 Å². The van der Waals surface area contributed by atoms with Gasteiger partial charge in [-0.25, -0.2) is 4.98 Å². The van der Waals surface area contributed by atoms with Crippen LogP contribution in [0.15, 0.2) is 42.7 Å². The number of piperazine rings is 1. The smallest absolute Gasteiger partial charge is 0.242 e. The number of carbonyl (C=O) groups is 1. The Morgan fingerprint density at radius 1 is 1.10 bits per heavy atom. The van der Waals surface area contributed by atoms with Crippen molar-refractivity contribution in [3.8, 4) is 0 Å². The van der Waals surface area contributed by atoms with Gasteiger partial charge in [-0.2, -0.15) is 0 Å². The monoisotopic (exact) mass is 404 g/mol. The Kier molecular flexibility index (Phi) is 5.00. The summed E-state index contributed by atoms with van der Waals surface area (Å²) in [6.45, 7) is 4.15. The molecular formula is C23H28N6O.